The van der Waals surface area contributed by atoms with E-state index in [1.54, 1.807) is 9.13 Å². The molecule has 0 radical (unpaired) electrons. The third-order valence-electron chi connectivity index (χ3n) is 10.8. The number of aryl methyl sites for hydroxylation is 2. The van der Waals surface area contributed by atoms with Crippen LogP contribution in [0.15, 0.2) is 181 Å². The van der Waals surface area contributed by atoms with Crippen molar-refractivity contribution in [2.45, 2.75) is 0 Å². The molecule has 0 aliphatic rings. The molecule has 0 fully saturated rings. The first-order valence-electron chi connectivity index (χ1n) is 18.7. The van der Waals surface area contributed by atoms with Gasteiger partial charge in [-0.25, -0.2) is 19.7 Å². The van der Waals surface area contributed by atoms with Crippen molar-refractivity contribution in [3.8, 4) is 67.5 Å². The second-order valence-corrected chi connectivity index (χ2v) is 14.1. The Morgan fingerprint density at radius 1 is 0.339 bits per heavy atom. The molecular weight excluding hydrogens is 687 g/mol. The van der Waals surface area contributed by atoms with Crippen LogP contribution in [-0.2, 0) is 14.1 Å². The van der Waals surface area contributed by atoms with Crippen molar-refractivity contribution in [1.29, 1.82) is 0 Å². The van der Waals surface area contributed by atoms with Crippen LogP contribution in [0.4, 0.5) is 0 Å². The minimum absolute atomic E-state index is 0.0380. The number of aromatic nitrogens is 5. The van der Waals surface area contributed by atoms with Gasteiger partial charge < -0.3 is 0 Å². The molecule has 10 rings (SSSR count). The van der Waals surface area contributed by atoms with E-state index in [1.807, 2.05) is 50.5 Å². The van der Waals surface area contributed by atoms with E-state index in [4.69, 9.17) is 15.0 Å². The van der Waals surface area contributed by atoms with Gasteiger partial charge in [-0.1, -0.05) is 152 Å². The molecule has 0 aliphatic heterocycles. The second-order valence-electron chi connectivity index (χ2n) is 14.1. The Hall–Kier alpha value is -7.44. The summed E-state index contributed by atoms with van der Waals surface area (Å²) in [5, 5.41) is 4.55. The van der Waals surface area contributed by atoms with Crippen molar-refractivity contribution >= 4 is 32.6 Å². The molecule has 6 nitrogen and oxygen atoms in total. The van der Waals surface area contributed by atoms with E-state index in [1.165, 1.54) is 0 Å². The lowest BCUT2D eigenvalue weighted by Crippen LogP contribution is -2.19. The van der Waals surface area contributed by atoms with E-state index in [9.17, 15) is 4.79 Å². The van der Waals surface area contributed by atoms with Crippen molar-refractivity contribution in [2.24, 2.45) is 14.1 Å². The van der Waals surface area contributed by atoms with Gasteiger partial charge in [0.2, 0.25) is 0 Å². The fourth-order valence-electron chi connectivity index (χ4n) is 8.05. The number of nitrogens with zero attached hydrogens (tertiary/aromatic N) is 5. The first kappa shape index (κ1) is 33.2. The van der Waals surface area contributed by atoms with Crippen molar-refractivity contribution in [3.05, 3.63) is 186 Å². The Bertz CT molecular complexity index is 3130. The molecule has 0 unspecified atom stereocenters. The number of benzene rings is 8. The first-order valence-corrected chi connectivity index (χ1v) is 18.7. The van der Waals surface area contributed by atoms with Gasteiger partial charge in [-0.05, 0) is 79.2 Å². The summed E-state index contributed by atoms with van der Waals surface area (Å²) in [6, 6.07) is 60.9. The molecule has 0 amide bonds. The molecule has 0 N–H and O–H groups in total. The third-order valence-corrected chi connectivity index (χ3v) is 10.8. The highest BCUT2D eigenvalue weighted by atomic mass is 16.1. The first-order chi connectivity index (χ1) is 27.5. The quantitative estimate of drug-likeness (QED) is 0.160. The zero-order valence-corrected chi connectivity index (χ0v) is 30.9. The predicted molar refractivity (Wildman–Crippen MR) is 229 cm³/mol. The van der Waals surface area contributed by atoms with Crippen LogP contribution in [0.3, 0.4) is 0 Å². The summed E-state index contributed by atoms with van der Waals surface area (Å²) < 4.78 is 3.42. The van der Waals surface area contributed by atoms with Crippen LogP contribution in [0.2, 0.25) is 0 Å². The largest absolute Gasteiger partial charge is 0.328 e. The van der Waals surface area contributed by atoms with E-state index in [0.29, 0.717) is 17.5 Å². The van der Waals surface area contributed by atoms with Gasteiger partial charge >= 0.3 is 5.69 Å². The molecule has 0 spiro atoms. The average Bonchev–Trinajstić information content (AvgIpc) is 3.48. The van der Waals surface area contributed by atoms with Gasteiger partial charge in [-0.2, -0.15) is 0 Å². The Kier molecular flexibility index (Phi) is 7.96. The number of hydrogen-bond donors (Lipinski definition) is 0. The Morgan fingerprint density at radius 2 is 0.732 bits per heavy atom. The van der Waals surface area contributed by atoms with Gasteiger partial charge in [0.25, 0.3) is 0 Å². The molecule has 2 aromatic heterocycles. The molecule has 0 saturated heterocycles. The zero-order valence-electron chi connectivity index (χ0n) is 30.9. The van der Waals surface area contributed by atoms with Gasteiger partial charge in [0.05, 0.1) is 11.0 Å². The third kappa shape index (κ3) is 5.58. The Labute approximate surface area is 323 Å². The fourth-order valence-corrected chi connectivity index (χ4v) is 8.05. The Balaban J connectivity index is 1.16. The normalized spacial score (nSPS) is 11.5. The minimum atomic E-state index is -0.0380. The summed E-state index contributed by atoms with van der Waals surface area (Å²) >= 11 is 0. The maximum Gasteiger partial charge on any atom is 0.328 e. The lowest BCUT2D eigenvalue weighted by atomic mass is 9.85. The standard InChI is InChI=1S/C50H35N5O/c1-54-43-28-27-36(31-44(43)55(2)50(54)56)46-41-25-11-9-23-39(41)45(40-24-10-12-26-42(40)46)35-20-14-22-38(30-35)49-52-47(33-17-7-4-8-18-33)51-48(53-49)37-21-13-19-34(29-37)32-15-5-3-6-16-32/h3-31H,1-2H3. The van der Waals surface area contributed by atoms with E-state index < -0.39 is 0 Å². The topological polar surface area (TPSA) is 65.6 Å². The van der Waals surface area contributed by atoms with E-state index in [0.717, 1.165) is 82.6 Å². The summed E-state index contributed by atoms with van der Waals surface area (Å²) in [5.41, 5.74) is 11.2. The Morgan fingerprint density at radius 3 is 1.29 bits per heavy atom. The van der Waals surface area contributed by atoms with Crippen molar-refractivity contribution in [1.82, 2.24) is 24.1 Å². The van der Waals surface area contributed by atoms with Gasteiger partial charge in [0.1, 0.15) is 0 Å². The maximum absolute atomic E-state index is 12.9. The van der Waals surface area contributed by atoms with Crippen LogP contribution in [-0.4, -0.2) is 24.1 Å². The molecule has 8 aromatic carbocycles. The summed E-state index contributed by atoms with van der Waals surface area (Å²) in [6.45, 7) is 0. The smallest absolute Gasteiger partial charge is 0.295 e. The molecule has 0 bridgehead atoms. The van der Waals surface area contributed by atoms with Gasteiger partial charge in [0, 0.05) is 30.8 Å². The van der Waals surface area contributed by atoms with Crippen molar-refractivity contribution in [3.63, 3.8) is 0 Å². The zero-order chi connectivity index (χ0) is 37.8. The molecule has 56 heavy (non-hydrogen) atoms. The number of imidazole rings is 1. The maximum atomic E-state index is 12.9. The molecule has 10 aromatic rings. The van der Waals surface area contributed by atoms with Gasteiger partial charge in [0.15, 0.2) is 17.5 Å². The molecular formula is C50H35N5O. The van der Waals surface area contributed by atoms with Crippen molar-refractivity contribution < 1.29 is 0 Å². The number of fused-ring (bicyclic) bond motifs is 3. The van der Waals surface area contributed by atoms with Crippen molar-refractivity contribution in [2.75, 3.05) is 0 Å². The molecule has 0 atom stereocenters. The van der Waals surface area contributed by atoms with Crippen LogP contribution in [0.1, 0.15) is 0 Å². The summed E-state index contributed by atoms with van der Waals surface area (Å²) in [4.78, 5) is 28.1. The molecule has 2 heterocycles. The summed E-state index contributed by atoms with van der Waals surface area (Å²) in [6.07, 6.45) is 0. The summed E-state index contributed by atoms with van der Waals surface area (Å²) in [7, 11) is 3.66. The molecule has 0 aliphatic carbocycles. The highest BCUT2D eigenvalue weighted by Gasteiger charge is 2.19. The SMILES string of the molecule is Cn1c(=O)n(C)c2cc(-c3c4ccccc4c(-c4cccc(-c5nc(-c6ccccc6)nc(-c6cccc(-c7ccccc7)c6)n5)c4)c4ccccc34)ccc21. The molecule has 0 saturated carbocycles. The van der Waals surface area contributed by atoms with E-state index in [2.05, 4.69) is 140 Å². The van der Waals surface area contributed by atoms with Crippen LogP contribution in [0.25, 0.3) is 100 Å². The highest BCUT2D eigenvalue weighted by Crippen LogP contribution is 2.44. The van der Waals surface area contributed by atoms with Gasteiger partial charge in [-0.15, -0.1) is 0 Å². The van der Waals surface area contributed by atoms with Crippen LogP contribution < -0.4 is 5.69 Å². The molecule has 266 valence electrons. The highest BCUT2D eigenvalue weighted by molar-refractivity contribution is 6.21. The lowest BCUT2D eigenvalue weighted by molar-refractivity contribution is 0.795. The van der Waals surface area contributed by atoms with Crippen LogP contribution in [0, 0.1) is 0 Å². The van der Waals surface area contributed by atoms with Crippen LogP contribution in [0.5, 0.6) is 0 Å². The second kappa shape index (κ2) is 13.4. The number of rotatable bonds is 6. The average molecular weight is 722 g/mol. The fraction of sp³-hybridized carbons (Fsp3) is 0.0400. The lowest BCUT2D eigenvalue weighted by Gasteiger charge is -2.18. The monoisotopic (exact) mass is 721 g/mol. The number of hydrogen-bond acceptors (Lipinski definition) is 4. The van der Waals surface area contributed by atoms with Gasteiger partial charge in [-0.3, -0.25) is 9.13 Å². The minimum Gasteiger partial charge on any atom is -0.295 e. The van der Waals surface area contributed by atoms with E-state index >= 15 is 0 Å². The predicted octanol–water partition coefficient (Wildman–Crippen LogP) is 11.4. The molecule has 6 heteroatoms. The van der Waals surface area contributed by atoms with E-state index in [-0.39, 0.29) is 5.69 Å². The van der Waals surface area contributed by atoms with Crippen LogP contribution >= 0.6 is 0 Å². The summed E-state index contributed by atoms with van der Waals surface area (Å²) in [5.74, 6) is 1.84.